The van der Waals surface area contributed by atoms with E-state index in [0.717, 1.165) is 25.7 Å². The topological polar surface area (TPSA) is 54.5 Å². The summed E-state index contributed by atoms with van der Waals surface area (Å²) in [5.74, 6) is 0.166. The van der Waals surface area contributed by atoms with Crippen molar-refractivity contribution in [3.63, 3.8) is 0 Å². The molecule has 70 valence electrons. The van der Waals surface area contributed by atoms with E-state index >= 15 is 0 Å². The summed E-state index contributed by atoms with van der Waals surface area (Å²) in [6, 6.07) is -0.0417. The molecule has 5 heteroatoms. The lowest BCUT2D eigenvalue weighted by Gasteiger charge is -2.17. The molecule has 0 aromatic heterocycles. The maximum Gasteiger partial charge on any atom is 0.141 e. The molecule has 1 aliphatic heterocycles. The summed E-state index contributed by atoms with van der Waals surface area (Å²) >= 11 is 0. The molecule has 1 fully saturated rings. The molecule has 1 saturated heterocycles. The number of carbonyl (C=O) groups is 1. The van der Waals surface area contributed by atoms with Gasteiger partial charge in [-0.25, -0.2) is 8.42 Å². The van der Waals surface area contributed by atoms with Crippen LogP contribution >= 0.6 is 0 Å². The van der Waals surface area contributed by atoms with E-state index in [1.807, 2.05) is 4.90 Å². The molecule has 0 saturated carbocycles. The molecule has 12 heavy (non-hydrogen) atoms. The van der Waals surface area contributed by atoms with Crippen molar-refractivity contribution in [2.24, 2.45) is 0 Å². The van der Waals surface area contributed by atoms with E-state index in [0.29, 0.717) is 6.54 Å². The van der Waals surface area contributed by atoms with Gasteiger partial charge in [-0.1, -0.05) is 0 Å². The van der Waals surface area contributed by atoms with Crippen molar-refractivity contribution >= 4 is 17.0 Å². The first-order valence-corrected chi connectivity index (χ1v) is 5.41. The number of hydrogen-bond donors (Lipinski definition) is 1. The largest absolute Gasteiger partial charge is 0.302 e. The zero-order valence-corrected chi connectivity index (χ0v) is 7.70. The highest BCUT2D eigenvalue weighted by Gasteiger charge is 2.22. The number of rotatable bonds is 4. The SMILES string of the molecule is O=C[C@@H]1CCCN1CC[SH](=O)=O. The van der Waals surface area contributed by atoms with Crippen LogP contribution in [0.5, 0.6) is 0 Å². The first-order chi connectivity index (χ1) is 5.74. The molecule has 0 aromatic carbocycles. The van der Waals surface area contributed by atoms with Crippen LogP contribution < -0.4 is 0 Å². The van der Waals surface area contributed by atoms with E-state index in [2.05, 4.69) is 0 Å². The lowest BCUT2D eigenvalue weighted by atomic mass is 10.2. The number of likely N-dealkylation sites (tertiary alicyclic amines) is 1. The molecule has 4 nitrogen and oxygen atoms in total. The van der Waals surface area contributed by atoms with Crippen LogP contribution in [0.3, 0.4) is 0 Å². The van der Waals surface area contributed by atoms with Crippen molar-refractivity contribution in [3.8, 4) is 0 Å². The van der Waals surface area contributed by atoms with Gasteiger partial charge in [0, 0.05) is 6.54 Å². The Labute approximate surface area is 73.5 Å². The van der Waals surface area contributed by atoms with Crippen LogP contribution in [-0.2, 0) is 15.5 Å². The lowest BCUT2D eigenvalue weighted by molar-refractivity contribution is -0.111. The Kier molecular flexibility index (Phi) is 3.68. The molecule has 0 amide bonds. The van der Waals surface area contributed by atoms with E-state index in [1.54, 1.807) is 0 Å². The van der Waals surface area contributed by atoms with Crippen LogP contribution in [0.4, 0.5) is 0 Å². The second-order valence-electron chi connectivity index (χ2n) is 2.94. The Morgan fingerprint density at radius 1 is 1.50 bits per heavy atom. The standard InChI is InChI=1S/C7H13NO3S/c9-6-7-2-1-3-8(7)4-5-12(10)11/h6-7,12H,1-5H2/t7-/m0/s1. The van der Waals surface area contributed by atoms with Crippen LogP contribution in [0.1, 0.15) is 12.8 Å². The van der Waals surface area contributed by atoms with Gasteiger partial charge in [-0.2, -0.15) is 0 Å². The summed E-state index contributed by atoms with van der Waals surface area (Å²) in [5, 5.41) is 0. The van der Waals surface area contributed by atoms with Crippen LogP contribution in [0.25, 0.3) is 0 Å². The summed E-state index contributed by atoms with van der Waals surface area (Å²) < 4.78 is 20.5. The molecule has 1 heterocycles. The fourth-order valence-corrected chi connectivity index (χ4v) is 1.91. The first kappa shape index (κ1) is 9.67. The van der Waals surface area contributed by atoms with Crippen LogP contribution in [0.15, 0.2) is 0 Å². The van der Waals surface area contributed by atoms with Gasteiger partial charge in [-0.15, -0.1) is 0 Å². The quantitative estimate of drug-likeness (QED) is 0.470. The molecule has 0 unspecified atom stereocenters. The number of aldehydes is 1. The zero-order valence-electron chi connectivity index (χ0n) is 6.81. The van der Waals surface area contributed by atoms with Crippen molar-refractivity contribution in [2.75, 3.05) is 18.8 Å². The van der Waals surface area contributed by atoms with Crippen molar-refractivity contribution in [3.05, 3.63) is 0 Å². The number of thiol groups is 1. The first-order valence-electron chi connectivity index (χ1n) is 4.05. The summed E-state index contributed by atoms with van der Waals surface area (Å²) in [7, 11) is -2.30. The molecule has 0 spiro atoms. The predicted octanol–water partition coefficient (Wildman–Crippen LogP) is -0.739. The maximum atomic E-state index is 10.5. The minimum atomic E-state index is -2.30. The smallest absolute Gasteiger partial charge is 0.141 e. The average Bonchev–Trinajstić information content (AvgIpc) is 2.47. The average molecular weight is 191 g/mol. The third-order valence-corrected chi connectivity index (χ3v) is 2.71. The van der Waals surface area contributed by atoms with Gasteiger partial charge in [-0.3, -0.25) is 4.90 Å². The Hall–Kier alpha value is -0.420. The number of nitrogens with zero attached hydrogens (tertiary/aromatic N) is 1. The Balaban J connectivity index is 2.35. The molecular weight excluding hydrogens is 178 g/mol. The highest BCUT2D eigenvalue weighted by atomic mass is 32.2. The molecule has 0 bridgehead atoms. The highest BCUT2D eigenvalue weighted by molar-refractivity contribution is 7.72. The van der Waals surface area contributed by atoms with E-state index < -0.39 is 10.7 Å². The summed E-state index contributed by atoms with van der Waals surface area (Å²) in [6.45, 7) is 1.36. The molecule has 1 atom stereocenters. The lowest BCUT2D eigenvalue weighted by Crippen LogP contribution is -2.33. The summed E-state index contributed by atoms with van der Waals surface area (Å²) in [5.41, 5.74) is 0. The maximum absolute atomic E-state index is 10.5. The van der Waals surface area contributed by atoms with Crippen molar-refractivity contribution in [2.45, 2.75) is 18.9 Å². The van der Waals surface area contributed by atoms with Crippen molar-refractivity contribution < 1.29 is 13.2 Å². The van der Waals surface area contributed by atoms with Crippen molar-refractivity contribution in [1.82, 2.24) is 4.90 Å². The van der Waals surface area contributed by atoms with Crippen molar-refractivity contribution in [1.29, 1.82) is 0 Å². The van der Waals surface area contributed by atoms with Gasteiger partial charge in [0.05, 0.1) is 11.8 Å². The molecule has 0 aromatic rings. The van der Waals surface area contributed by atoms with Crippen LogP contribution in [0.2, 0.25) is 0 Å². The van der Waals surface area contributed by atoms with Gasteiger partial charge >= 0.3 is 0 Å². The van der Waals surface area contributed by atoms with Crippen LogP contribution in [-0.4, -0.2) is 44.5 Å². The Morgan fingerprint density at radius 2 is 2.25 bits per heavy atom. The Morgan fingerprint density at radius 3 is 2.83 bits per heavy atom. The summed E-state index contributed by atoms with van der Waals surface area (Å²) in [6.07, 6.45) is 2.78. The number of hydrogen-bond acceptors (Lipinski definition) is 4. The summed E-state index contributed by atoms with van der Waals surface area (Å²) in [4.78, 5) is 12.4. The van der Waals surface area contributed by atoms with Crippen LogP contribution in [0, 0.1) is 0 Å². The minimum absolute atomic E-state index is 0.0417. The van der Waals surface area contributed by atoms with Gasteiger partial charge in [-0.05, 0) is 19.4 Å². The zero-order chi connectivity index (χ0) is 8.97. The fourth-order valence-electron chi connectivity index (χ4n) is 1.49. The van der Waals surface area contributed by atoms with Gasteiger partial charge in [0.25, 0.3) is 0 Å². The molecule has 0 N–H and O–H groups in total. The fraction of sp³-hybridized carbons (Fsp3) is 0.857. The molecule has 0 radical (unpaired) electrons. The van der Waals surface area contributed by atoms with E-state index in [1.165, 1.54) is 0 Å². The third kappa shape index (κ3) is 2.57. The predicted molar refractivity (Wildman–Crippen MR) is 45.8 cm³/mol. The molecule has 0 aliphatic carbocycles. The molecule has 1 aliphatic rings. The third-order valence-electron chi connectivity index (χ3n) is 2.14. The molecular formula is C7H13NO3S. The Bertz CT molecular complexity index is 219. The van der Waals surface area contributed by atoms with Gasteiger partial charge in [0.2, 0.25) is 0 Å². The normalized spacial score (nSPS) is 24.9. The second kappa shape index (κ2) is 4.57. The number of carbonyl (C=O) groups excluding carboxylic acids is 1. The van der Waals surface area contributed by atoms with E-state index in [9.17, 15) is 13.2 Å². The van der Waals surface area contributed by atoms with E-state index in [4.69, 9.17) is 0 Å². The van der Waals surface area contributed by atoms with Gasteiger partial charge < -0.3 is 4.79 Å². The highest BCUT2D eigenvalue weighted by Crippen LogP contribution is 2.14. The van der Waals surface area contributed by atoms with E-state index in [-0.39, 0.29) is 11.8 Å². The molecule has 1 rings (SSSR count). The second-order valence-corrected chi connectivity index (χ2v) is 4.05. The van der Waals surface area contributed by atoms with Gasteiger partial charge in [0.1, 0.15) is 17.0 Å². The monoisotopic (exact) mass is 191 g/mol. The van der Waals surface area contributed by atoms with Gasteiger partial charge in [0.15, 0.2) is 0 Å². The minimum Gasteiger partial charge on any atom is -0.302 e.